The summed E-state index contributed by atoms with van der Waals surface area (Å²) in [6.45, 7) is 7.46. The lowest BCUT2D eigenvalue weighted by Crippen LogP contribution is -2.41. The van der Waals surface area contributed by atoms with Crippen LogP contribution in [-0.2, 0) is 20.8 Å². The molecule has 1 N–H and O–H groups in total. The maximum atomic E-state index is 12.5. The van der Waals surface area contributed by atoms with E-state index >= 15 is 0 Å². The van der Waals surface area contributed by atoms with Crippen molar-refractivity contribution in [2.75, 3.05) is 13.2 Å². The van der Waals surface area contributed by atoms with Gasteiger partial charge < -0.3 is 14.0 Å². The van der Waals surface area contributed by atoms with Gasteiger partial charge in [0.15, 0.2) is 6.29 Å². The van der Waals surface area contributed by atoms with Gasteiger partial charge in [0.2, 0.25) is 0 Å². The Bertz CT molecular complexity index is 458. The predicted octanol–water partition coefficient (Wildman–Crippen LogP) is 4.15. The van der Waals surface area contributed by atoms with Crippen molar-refractivity contribution in [3.63, 3.8) is 0 Å². The molecule has 2 rings (SSSR count). The summed E-state index contributed by atoms with van der Waals surface area (Å²) in [5, 5.41) is 2.04. The molecule has 7 heteroatoms. The molecule has 2 heterocycles. The van der Waals surface area contributed by atoms with Gasteiger partial charge in [0.25, 0.3) is 0 Å². The highest BCUT2D eigenvalue weighted by atomic mass is 79.9. The zero-order chi connectivity index (χ0) is 16.2. The van der Waals surface area contributed by atoms with Gasteiger partial charge >= 0.3 is 0 Å². The number of hydrogen-bond donors (Lipinski definition) is 1. The van der Waals surface area contributed by atoms with Crippen LogP contribution in [0.25, 0.3) is 0 Å². The standard InChI is InChI=1S/C15H24BrNO3S2/c1-15(2,3)22(18)17-12(14-11(16)7-10-21-14)5-6-13-19-8-4-9-20-13/h7,10,12-13,17H,4-6,8-9H2,1-3H3/t12-,22+/m0/s1. The molecule has 0 radical (unpaired) electrons. The highest BCUT2D eigenvalue weighted by Gasteiger charge is 2.31. The Morgan fingerprint density at radius 2 is 2.14 bits per heavy atom. The van der Waals surface area contributed by atoms with Crippen LogP contribution in [0.2, 0.25) is 0 Å². The normalized spacial score (nSPS) is 20.0. The van der Waals surface area contributed by atoms with Crippen molar-refractivity contribution in [3.05, 3.63) is 20.8 Å². The summed E-state index contributed by atoms with van der Waals surface area (Å²) < 4.78 is 27.7. The van der Waals surface area contributed by atoms with Crippen molar-refractivity contribution in [1.82, 2.24) is 4.72 Å². The molecule has 0 unspecified atom stereocenters. The molecule has 0 bridgehead atoms. The lowest BCUT2D eigenvalue weighted by atomic mass is 10.1. The van der Waals surface area contributed by atoms with E-state index in [2.05, 4.69) is 20.7 Å². The van der Waals surface area contributed by atoms with E-state index in [4.69, 9.17) is 9.47 Å². The molecule has 2 atom stereocenters. The largest absolute Gasteiger partial charge is 0.598 e. The minimum Gasteiger partial charge on any atom is -0.598 e. The summed E-state index contributed by atoms with van der Waals surface area (Å²) in [6.07, 6.45) is 2.44. The van der Waals surface area contributed by atoms with Crippen LogP contribution in [0.4, 0.5) is 0 Å². The zero-order valence-corrected chi connectivity index (χ0v) is 16.5. The van der Waals surface area contributed by atoms with E-state index in [0.717, 1.165) is 36.9 Å². The molecule has 1 aliphatic heterocycles. The van der Waals surface area contributed by atoms with Gasteiger partial charge in [0.1, 0.15) is 4.75 Å². The van der Waals surface area contributed by atoms with E-state index < -0.39 is 11.4 Å². The molecular formula is C15H24BrNO3S2. The third-order valence-corrected chi connectivity index (χ3v) is 6.95. The van der Waals surface area contributed by atoms with Crippen LogP contribution in [0.1, 0.15) is 51.0 Å². The van der Waals surface area contributed by atoms with Crippen LogP contribution in [0, 0.1) is 0 Å². The average Bonchev–Trinajstić information content (AvgIpc) is 2.89. The van der Waals surface area contributed by atoms with E-state index in [1.807, 2.05) is 32.2 Å². The summed E-state index contributed by atoms with van der Waals surface area (Å²) >= 11 is 4.14. The second kappa shape index (κ2) is 8.46. The van der Waals surface area contributed by atoms with Gasteiger partial charge in [-0.3, -0.25) is 0 Å². The topological polar surface area (TPSA) is 53.5 Å². The lowest BCUT2D eigenvalue weighted by Gasteiger charge is -2.29. The predicted molar refractivity (Wildman–Crippen MR) is 95.3 cm³/mol. The van der Waals surface area contributed by atoms with Gasteiger partial charge in [0, 0.05) is 27.1 Å². The van der Waals surface area contributed by atoms with Crippen molar-refractivity contribution in [2.45, 2.75) is 57.1 Å². The summed E-state index contributed by atoms with van der Waals surface area (Å²) in [4.78, 5) is 1.17. The van der Waals surface area contributed by atoms with Gasteiger partial charge in [0.05, 0.1) is 19.3 Å². The van der Waals surface area contributed by atoms with E-state index in [0.29, 0.717) is 0 Å². The SMILES string of the molecule is CC(C)(C)[S@@+]([O-])N[C@@H](CCC1OCCCO1)c1sccc1Br. The van der Waals surface area contributed by atoms with Crippen LogP contribution in [0.15, 0.2) is 15.9 Å². The third-order valence-electron chi connectivity index (χ3n) is 3.35. The van der Waals surface area contributed by atoms with Gasteiger partial charge in [-0.15, -0.1) is 16.1 Å². The fourth-order valence-corrected chi connectivity index (χ4v) is 4.77. The summed E-state index contributed by atoms with van der Waals surface area (Å²) in [7, 11) is 0. The first kappa shape index (κ1) is 18.7. The molecule has 1 fully saturated rings. The van der Waals surface area contributed by atoms with E-state index in [9.17, 15) is 4.55 Å². The quantitative estimate of drug-likeness (QED) is 0.716. The summed E-state index contributed by atoms with van der Waals surface area (Å²) in [6, 6.07) is 2.06. The van der Waals surface area contributed by atoms with Gasteiger partial charge in [-0.2, -0.15) is 0 Å². The Kier molecular flexibility index (Phi) is 7.20. The molecule has 4 nitrogen and oxygen atoms in total. The van der Waals surface area contributed by atoms with Gasteiger partial charge in [-0.1, -0.05) is 0 Å². The Morgan fingerprint density at radius 1 is 1.45 bits per heavy atom. The third kappa shape index (κ3) is 5.47. The average molecular weight is 410 g/mol. The molecule has 22 heavy (non-hydrogen) atoms. The minimum atomic E-state index is -1.11. The molecule has 0 saturated carbocycles. The van der Waals surface area contributed by atoms with Crippen molar-refractivity contribution in [3.8, 4) is 0 Å². The number of nitrogens with one attached hydrogen (secondary N) is 1. The van der Waals surface area contributed by atoms with Crippen molar-refractivity contribution in [2.24, 2.45) is 0 Å². The lowest BCUT2D eigenvalue weighted by molar-refractivity contribution is -0.182. The molecule has 0 amide bonds. The second-order valence-electron chi connectivity index (χ2n) is 6.29. The first-order valence-electron chi connectivity index (χ1n) is 7.52. The Balaban J connectivity index is 2.00. The molecular weight excluding hydrogens is 386 g/mol. The number of ether oxygens (including phenoxy) is 2. The Hall–Kier alpha value is 0.370. The fraction of sp³-hybridized carbons (Fsp3) is 0.733. The van der Waals surface area contributed by atoms with Crippen molar-refractivity contribution >= 4 is 38.6 Å². The number of halogens is 1. The van der Waals surface area contributed by atoms with E-state index in [1.54, 1.807) is 11.3 Å². The number of hydrogen-bond acceptors (Lipinski definition) is 5. The van der Waals surface area contributed by atoms with Crippen LogP contribution in [0.5, 0.6) is 0 Å². The van der Waals surface area contributed by atoms with Crippen molar-refractivity contribution < 1.29 is 14.0 Å². The summed E-state index contributed by atoms with van der Waals surface area (Å²) in [5.41, 5.74) is 0. The molecule has 126 valence electrons. The zero-order valence-electron chi connectivity index (χ0n) is 13.3. The maximum absolute atomic E-state index is 12.5. The monoisotopic (exact) mass is 409 g/mol. The highest BCUT2D eigenvalue weighted by Crippen LogP contribution is 2.34. The smallest absolute Gasteiger partial charge is 0.157 e. The van der Waals surface area contributed by atoms with Gasteiger partial charge in [-0.05, 0) is 61.0 Å². The van der Waals surface area contributed by atoms with Crippen molar-refractivity contribution in [1.29, 1.82) is 0 Å². The van der Waals surface area contributed by atoms with Crippen LogP contribution < -0.4 is 4.72 Å². The first-order chi connectivity index (χ1) is 10.4. The Morgan fingerprint density at radius 3 is 2.68 bits per heavy atom. The maximum Gasteiger partial charge on any atom is 0.157 e. The number of thiophene rings is 1. The molecule has 1 aromatic heterocycles. The Labute approximate surface area is 148 Å². The highest BCUT2D eigenvalue weighted by molar-refractivity contribution is 9.10. The number of rotatable bonds is 6. The van der Waals surface area contributed by atoms with Crippen LogP contribution >= 0.6 is 27.3 Å². The fourth-order valence-electron chi connectivity index (χ4n) is 2.11. The molecule has 1 saturated heterocycles. The second-order valence-corrected chi connectivity index (χ2v) is 10.1. The first-order valence-corrected chi connectivity index (χ1v) is 10.3. The molecule has 1 aliphatic rings. The minimum absolute atomic E-state index is 0.0311. The molecule has 0 spiro atoms. The van der Waals surface area contributed by atoms with E-state index in [-0.39, 0.29) is 17.1 Å². The van der Waals surface area contributed by atoms with Gasteiger partial charge in [-0.25, -0.2) is 0 Å². The van der Waals surface area contributed by atoms with E-state index in [1.165, 1.54) is 4.88 Å². The molecule has 1 aromatic rings. The van der Waals surface area contributed by atoms with Crippen LogP contribution in [-0.4, -0.2) is 28.8 Å². The van der Waals surface area contributed by atoms with Crippen LogP contribution in [0.3, 0.4) is 0 Å². The molecule has 0 aromatic carbocycles. The molecule has 0 aliphatic carbocycles. The summed E-state index contributed by atoms with van der Waals surface area (Å²) in [5.74, 6) is 0.